The topological polar surface area (TPSA) is 44.8 Å². The summed E-state index contributed by atoms with van der Waals surface area (Å²) < 4.78 is 5.44. The highest BCUT2D eigenvalue weighted by atomic mass is 16.5. The number of rotatable bonds is 8. The Morgan fingerprint density at radius 1 is 1.07 bits per heavy atom. The monoisotopic (exact) mass is 381 g/mol. The number of carbonyl (C=O) groups excluding carboxylic acids is 1. The van der Waals surface area contributed by atoms with Crippen LogP contribution in [0.5, 0.6) is 0 Å². The van der Waals surface area contributed by atoms with E-state index in [1.165, 1.54) is 11.1 Å². The maximum absolute atomic E-state index is 13.5. The van der Waals surface area contributed by atoms with Crippen LogP contribution in [-0.2, 0) is 22.4 Å². The zero-order valence-corrected chi connectivity index (χ0v) is 17.4. The van der Waals surface area contributed by atoms with Crippen molar-refractivity contribution in [1.82, 2.24) is 0 Å². The number of nitrogens with zero attached hydrogens (tertiary/aromatic N) is 2. The average molecular weight is 382 g/mol. The number of benzene rings is 2. The largest absolute Gasteiger partial charge is 0.364 e. The van der Waals surface area contributed by atoms with Crippen molar-refractivity contribution in [3.63, 3.8) is 0 Å². The lowest BCUT2D eigenvalue weighted by molar-refractivity contribution is -0.118. The van der Waals surface area contributed by atoms with Crippen LogP contribution in [0.25, 0.3) is 0 Å². The molecule has 1 unspecified atom stereocenters. The van der Waals surface area contributed by atoms with E-state index in [2.05, 4.69) is 61.3 Å². The molecule has 150 valence electrons. The van der Waals surface area contributed by atoms with E-state index >= 15 is 0 Å². The van der Waals surface area contributed by atoms with E-state index in [9.17, 15) is 4.79 Å². The Labute approximate surface area is 168 Å². The molecule has 0 bridgehead atoms. The molecule has 0 spiro atoms. The minimum absolute atomic E-state index is 0.0504. The van der Waals surface area contributed by atoms with Crippen molar-refractivity contribution in [3.05, 3.63) is 53.6 Å². The van der Waals surface area contributed by atoms with Crippen molar-refractivity contribution in [2.45, 2.75) is 46.2 Å². The van der Waals surface area contributed by atoms with Crippen molar-refractivity contribution in [2.24, 2.45) is 0 Å². The molecule has 1 N–H and O–H groups in total. The van der Waals surface area contributed by atoms with Crippen molar-refractivity contribution >= 4 is 23.0 Å². The summed E-state index contributed by atoms with van der Waals surface area (Å²) in [5, 5.41) is 3.52. The summed E-state index contributed by atoms with van der Waals surface area (Å²) in [6, 6.07) is 14.5. The van der Waals surface area contributed by atoms with Crippen LogP contribution in [0.1, 0.15) is 38.3 Å². The minimum Gasteiger partial charge on any atom is -0.364 e. The Kier molecular flexibility index (Phi) is 6.57. The maximum Gasteiger partial charge on any atom is 0.248 e. The summed E-state index contributed by atoms with van der Waals surface area (Å²) in [5.41, 5.74) is 5.53. The van der Waals surface area contributed by atoms with Gasteiger partial charge < -0.3 is 15.0 Å². The second kappa shape index (κ2) is 9.11. The normalized spacial score (nSPS) is 15.3. The molecule has 1 heterocycles. The van der Waals surface area contributed by atoms with Crippen LogP contribution in [-0.4, -0.2) is 32.5 Å². The number of methoxy groups -OCH3 is 1. The molecule has 1 aliphatic heterocycles. The first-order valence-electron chi connectivity index (χ1n) is 10.2. The second-order valence-corrected chi connectivity index (χ2v) is 7.08. The van der Waals surface area contributed by atoms with Gasteiger partial charge in [0.25, 0.3) is 0 Å². The molecule has 0 aliphatic carbocycles. The predicted octanol–water partition coefficient (Wildman–Crippen LogP) is 4.42. The smallest absolute Gasteiger partial charge is 0.248 e. The van der Waals surface area contributed by atoms with Gasteiger partial charge in [0.15, 0.2) is 0 Å². The Bertz CT molecular complexity index is 799. The van der Waals surface area contributed by atoms with E-state index in [4.69, 9.17) is 4.74 Å². The molecule has 5 nitrogen and oxygen atoms in total. The van der Waals surface area contributed by atoms with Crippen LogP contribution < -0.4 is 15.1 Å². The first kappa shape index (κ1) is 20.2. The summed E-state index contributed by atoms with van der Waals surface area (Å²) in [6.07, 6.45) is 2.79. The Morgan fingerprint density at radius 3 is 2.36 bits per heavy atom. The fraction of sp³-hybridized carbons (Fsp3) is 0.435. The summed E-state index contributed by atoms with van der Waals surface area (Å²) in [4.78, 5) is 17.5. The van der Waals surface area contributed by atoms with Crippen molar-refractivity contribution in [2.75, 3.05) is 35.5 Å². The first-order chi connectivity index (χ1) is 13.6. The van der Waals surface area contributed by atoms with Gasteiger partial charge in [-0.25, -0.2) is 0 Å². The highest BCUT2D eigenvalue weighted by Crippen LogP contribution is 2.35. The molecule has 3 rings (SSSR count). The Balaban J connectivity index is 1.93. The van der Waals surface area contributed by atoms with Gasteiger partial charge in [0.05, 0.1) is 29.8 Å². The molecule has 0 aromatic heterocycles. The molecule has 28 heavy (non-hydrogen) atoms. The maximum atomic E-state index is 13.5. The molecule has 1 atom stereocenters. The zero-order valence-electron chi connectivity index (χ0n) is 17.4. The molecular formula is C23H31N3O2. The van der Waals surface area contributed by atoms with Crippen LogP contribution in [0.2, 0.25) is 0 Å². The van der Waals surface area contributed by atoms with Crippen LogP contribution in [0.15, 0.2) is 42.5 Å². The number of hydrogen-bond acceptors (Lipinski definition) is 4. The number of hydrogen-bond donors (Lipinski definition) is 1. The number of amides is 1. The lowest BCUT2D eigenvalue weighted by Gasteiger charge is -2.31. The predicted molar refractivity (Wildman–Crippen MR) is 116 cm³/mol. The SMILES string of the molecule is CCc1cccc(CC)c1N(COC)C(=O)CN1c2ccccc2NC1CC. The zero-order chi connectivity index (χ0) is 20.1. The standard InChI is InChI=1S/C23H31N3O2/c1-5-17-11-10-12-18(6-2)23(17)26(16-28-4)22(27)15-25-20-14-9-8-13-19(20)24-21(25)7-3/h8-14,21,24H,5-7,15-16H2,1-4H3. The summed E-state index contributed by atoms with van der Waals surface area (Å²) in [5.74, 6) is 0.0504. The number of para-hydroxylation sites is 3. The molecule has 5 heteroatoms. The van der Waals surface area contributed by atoms with Gasteiger partial charge in [0, 0.05) is 7.11 Å². The van der Waals surface area contributed by atoms with Gasteiger partial charge in [-0.2, -0.15) is 0 Å². The third-order valence-corrected chi connectivity index (χ3v) is 5.40. The number of aryl methyl sites for hydroxylation is 2. The molecule has 0 radical (unpaired) electrons. The van der Waals surface area contributed by atoms with E-state index in [0.29, 0.717) is 6.54 Å². The van der Waals surface area contributed by atoms with Gasteiger partial charge in [-0.1, -0.05) is 51.1 Å². The van der Waals surface area contributed by atoms with Crippen molar-refractivity contribution in [1.29, 1.82) is 0 Å². The van der Waals surface area contributed by atoms with Crippen LogP contribution in [0, 0.1) is 0 Å². The molecule has 0 saturated heterocycles. The molecule has 1 amide bonds. The van der Waals surface area contributed by atoms with E-state index in [0.717, 1.165) is 36.3 Å². The van der Waals surface area contributed by atoms with E-state index < -0.39 is 0 Å². The molecule has 0 fully saturated rings. The lowest BCUT2D eigenvalue weighted by Crippen LogP contribution is -2.45. The quantitative estimate of drug-likeness (QED) is 0.688. The average Bonchev–Trinajstić information content (AvgIpc) is 3.09. The summed E-state index contributed by atoms with van der Waals surface area (Å²) >= 11 is 0. The molecular weight excluding hydrogens is 350 g/mol. The number of carbonyl (C=O) groups is 1. The van der Waals surface area contributed by atoms with Crippen molar-refractivity contribution in [3.8, 4) is 0 Å². The van der Waals surface area contributed by atoms with Gasteiger partial charge >= 0.3 is 0 Å². The van der Waals surface area contributed by atoms with Crippen LogP contribution >= 0.6 is 0 Å². The number of ether oxygens (including phenoxy) is 1. The van der Waals surface area contributed by atoms with Crippen LogP contribution in [0.4, 0.5) is 17.1 Å². The molecule has 2 aromatic carbocycles. The fourth-order valence-corrected chi connectivity index (χ4v) is 3.97. The van der Waals surface area contributed by atoms with E-state index in [1.54, 1.807) is 7.11 Å². The molecule has 2 aromatic rings. The lowest BCUT2D eigenvalue weighted by atomic mass is 10.0. The van der Waals surface area contributed by atoms with Gasteiger partial charge in [0.2, 0.25) is 5.91 Å². The van der Waals surface area contributed by atoms with E-state index in [1.807, 2.05) is 17.0 Å². The Hall–Kier alpha value is -2.53. The second-order valence-electron chi connectivity index (χ2n) is 7.08. The highest BCUT2D eigenvalue weighted by Gasteiger charge is 2.31. The summed E-state index contributed by atoms with van der Waals surface area (Å²) in [6.45, 7) is 6.95. The van der Waals surface area contributed by atoms with Gasteiger partial charge in [-0.3, -0.25) is 9.69 Å². The Morgan fingerprint density at radius 2 is 1.75 bits per heavy atom. The molecule has 0 saturated carbocycles. The molecule has 1 aliphatic rings. The minimum atomic E-state index is 0.0504. The van der Waals surface area contributed by atoms with Gasteiger partial charge in [-0.05, 0) is 42.5 Å². The third-order valence-electron chi connectivity index (χ3n) is 5.40. The van der Waals surface area contributed by atoms with Crippen LogP contribution in [0.3, 0.4) is 0 Å². The fourth-order valence-electron chi connectivity index (χ4n) is 3.97. The van der Waals surface area contributed by atoms with Gasteiger partial charge in [0.1, 0.15) is 6.73 Å². The summed E-state index contributed by atoms with van der Waals surface area (Å²) in [7, 11) is 1.64. The third kappa shape index (κ3) is 3.85. The van der Waals surface area contributed by atoms with Gasteiger partial charge in [-0.15, -0.1) is 0 Å². The number of anilines is 3. The van der Waals surface area contributed by atoms with E-state index in [-0.39, 0.29) is 18.8 Å². The number of fused-ring (bicyclic) bond motifs is 1. The first-order valence-corrected chi connectivity index (χ1v) is 10.2. The highest BCUT2D eigenvalue weighted by molar-refractivity contribution is 5.98. The van der Waals surface area contributed by atoms with Crippen molar-refractivity contribution < 1.29 is 9.53 Å². The number of nitrogens with one attached hydrogen (secondary N) is 1.